The largest absolute Gasteiger partial charge is 0.493 e. The minimum absolute atomic E-state index is 0.510. The second-order valence-corrected chi connectivity index (χ2v) is 5.46. The van der Waals surface area contributed by atoms with Crippen molar-refractivity contribution < 1.29 is 9.47 Å². The molecule has 18 heavy (non-hydrogen) atoms. The molecule has 3 nitrogen and oxygen atoms in total. The van der Waals surface area contributed by atoms with Gasteiger partial charge in [0, 0.05) is 12.6 Å². The molecule has 0 spiro atoms. The van der Waals surface area contributed by atoms with Crippen LogP contribution in [-0.4, -0.2) is 20.8 Å². The summed E-state index contributed by atoms with van der Waals surface area (Å²) < 4.78 is 10.8. The molecule has 3 rings (SSSR count). The molecule has 1 heterocycles. The van der Waals surface area contributed by atoms with Gasteiger partial charge < -0.3 is 14.8 Å². The third-order valence-electron chi connectivity index (χ3n) is 4.19. The van der Waals surface area contributed by atoms with Crippen LogP contribution in [0.2, 0.25) is 0 Å². The van der Waals surface area contributed by atoms with Crippen LogP contribution in [-0.2, 0) is 0 Å². The molecule has 2 unspecified atom stereocenters. The third-order valence-corrected chi connectivity index (χ3v) is 4.19. The highest BCUT2D eigenvalue weighted by Crippen LogP contribution is 2.47. The van der Waals surface area contributed by atoms with Crippen molar-refractivity contribution in [2.45, 2.75) is 31.7 Å². The fourth-order valence-corrected chi connectivity index (χ4v) is 2.98. The van der Waals surface area contributed by atoms with Crippen LogP contribution < -0.4 is 14.8 Å². The van der Waals surface area contributed by atoms with Crippen LogP contribution in [0.1, 0.15) is 42.9 Å². The Kier molecular flexibility index (Phi) is 2.94. The molecule has 1 aromatic rings. The minimum atomic E-state index is 0.510. The lowest BCUT2D eigenvalue weighted by molar-refractivity contribution is 0.349. The molecule has 1 aliphatic heterocycles. The molecule has 1 aromatic carbocycles. The lowest BCUT2D eigenvalue weighted by Gasteiger charge is -2.32. The van der Waals surface area contributed by atoms with Crippen molar-refractivity contribution in [3.05, 3.63) is 23.3 Å². The van der Waals surface area contributed by atoms with E-state index in [1.165, 1.54) is 24.0 Å². The third kappa shape index (κ3) is 1.87. The van der Waals surface area contributed by atoms with Gasteiger partial charge in [-0.3, -0.25) is 0 Å². The molecule has 1 N–H and O–H groups in total. The molecule has 0 aromatic heterocycles. The van der Waals surface area contributed by atoms with E-state index in [1.54, 1.807) is 14.2 Å². The quantitative estimate of drug-likeness (QED) is 0.891. The van der Waals surface area contributed by atoms with Crippen molar-refractivity contribution >= 4 is 0 Å². The second-order valence-electron chi connectivity index (χ2n) is 5.46. The first kappa shape index (κ1) is 11.8. The Labute approximate surface area is 108 Å². The Morgan fingerprint density at radius 1 is 1.06 bits per heavy atom. The Morgan fingerprint density at radius 2 is 1.67 bits per heavy atom. The Balaban J connectivity index is 2.07. The highest BCUT2D eigenvalue weighted by molar-refractivity contribution is 5.51. The normalized spacial score (nSPS) is 26.6. The zero-order chi connectivity index (χ0) is 12.7. The van der Waals surface area contributed by atoms with Crippen molar-refractivity contribution in [1.29, 1.82) is 0 Å². The Bertz CT molecular complexity index is 454. The van der Waals surface area contributed by atoms with Crippen LogP contribution in [0.4, 0.5) is 0 Å². The van der Waals surface area contributed by atoms with Gasteiger partial charge in [-0.2, -0.15) is 0 Å². The van der Waals surface area contributed by atoms with Gasteiger partial charge in [0.15, 0.2) is 11.5 Å². The zero-order valence-electron chi connectivity index (χ0n) is 11.3. The molecule has 2 atom stereocenters. The number of fused-ring (bicyclic) bond motifs is 1. The van der Waals surface area contributed by atoms with Crippen LogP contribution in [0.15, 0.2) is 12.1 Å². The zero-order valence-corrected chi connectivity index (χ0v) is 11.3. The number of hydrogen-bond donors (Lipinski definition) is 1. The maximum atomic E-state index is 5.43. The number of ether oxygens (including phenoxy) is 2. The van der Waals surface area contributed by atoms with E-state index in [9.17, 15) is 0 Å². The summed E-state index contributed by atoms with van der Waals surface area (Å²) in [5.41, 5.74) is 2.83. The molecule has 0 radical (unpaired) electrons. The van der Waals surface area contributed by atoms with E-state index in [-0.39, 0.29) is 0 Å². The van der Waals surface area contributed by atoms with Crippen molar-refractivity contribution in [1.82, 2.24) is 5.32 Å². The maximum absolute atomic E-state index is 5.43. The van der Waals surface area contributed by atoms with E-state index in [1.807, 2.05) is 0 Å². The summed E-state index contributed by atoms with van der Waals surface area (Å²) in [5, 5.41) is 3.68. The van der Waals surface area contributed by atoms with E-state index in [0.717, 1.165) is 24.0 Å². The number of rotatable bonds is 3. The average Bonchev–Trinajstić information content (AvgIpc) is 3.22. The molecule has 1 fully saturated rings. The molecule has 0 saturated heterocycles. The smallest absolute Gasteiger partial charge is 0.161 e. The first-order valence-electron chi connectivity index (χ1n) is 6.73. The summed E-state index contributed by atoms with van der Waals surface area (Å²) in [4.78, 5) is 0. The SMILES string of the molecule is COc1cc2c(cc1OC)C(C1CC1)NCC2C. The van der Waals surface area contributed by atoms with Gasteiger partial charge in [0.2, 0.25) is 0 Å². The van der Waals surface area contributed by atoms with Crippen LogP contribution >= 0.6 is 0 Å². The van der Waals surface area contributed by atoms with Gasteiger partial charge in [-0.1, -0.05) is 6.92 Å². The molecule has 2 aliphatic rings. The topological polar surface area (TPSA) is 30.5 Å². The van der Waals surface area contributed by atoms with E-state index in [4.69, 9.17) is 9.47 Å². The summed E-state index contributed by atoms with van der Waals surface area (Å²) in [6.45, 7) is 3.32. The molecule has 0 amide bonds. The van der Waals surface area contributed by atoms with Crippen molar-refractivity contribution in [2.24, 2.45) is 5.92 Å². The van der Waals surface area contributed by atoms with Crippen LogP contribution in [0, 0.1) is 5.92 Å². The van der Waals surface area contributed by atoms with Crippen LogP contribution in [0.5, 0.6) is 11.5 Å². The molecule has 1 aliphatic carbocycles. The second kappa shape index (κ2) is 4.47. The average molecular weight is 247 g/mol. The fraction of sp³-hybridized carbons (Fsp3) is 0.600. The van der Waals surface area contributed by atoms with Gasteiger partial charge in [0.05, 0.1) is 14.2 Å². The van der Waals surface area contributed by atoms with E-state index in [2.05, 4.69) is 24.4 Å². The van der Waals surface area contributed by atoms with Gasteiger partial charge in [0.1, 0.15) is 0 Å². The number of benzene rings is 1. The number of methoxy groups -OCH3 is 2. The molecule has 3 heteroatoms. The summed E-state index contributed by atoms with van der Waals surface area (Å²) in [6.07, 6.45) is 2.69. The van der Waals surface area contributed by atoms with Crippen LogP contribution in [0.25, 0.3) is 0 Å². The summed E-state index contributed by atoms with van der Waals surface area (Å²) in [6, 6.07) is 4.84. The molecular weight excluding hydrogens is 226 g/mol. The van der Waals surface area contributed by atoms with Crippen molar-refractivity contribution in [2.75, 3.05) is 20.8 Å². The molecule has 1 saturated carbocycles. The number of hydrogen-bond acceptors (Lipinski definition) is 3. The first-order chi connectivity index (χ1) is 8.74. The van der Waals surface area contributed by atoms with Crippen LogP contribution in [0.3, 0.4) is 0 Å². The van der Waals surface area contributed by atoms with Crippen molar-refractivity contribution in [3.63, 3.8) is 0 Å². The monoisotopic (exact) mass is 247 g/mol. The first-order valence-corrected chi connectivity index (χ1v) is 6.73. The standard InChI is InChI=1S/C15H21NO2/c1-9-8-16-15(10-4-5-10)12-7-14(18-3)13(17-2)6-11(9)12/h6-7,9-10,15-16H,4-5,8H2,1-3H3. The Morgan fingerprint density at radius 3 is 2.22 bits per heavy atom. The van der Waals surface area contributed by atoms with E-state index >= 15 is 0 Å². The maximum Gasteiger partial charge on any atom is 0.161 e. The highest BCUT2D eigenvalue weighted by Gasteiger charge is 2.37. The van der Waals surface area contributed by atoms with Gasteiger partial charge in [0.25, 0.3) is 0 Å². The lowest BCUT2D eigenvalue weighted by atomic mass is 9.85. The summed E-state index contributed by atoms with van der Waals surface area (Å²) >= 11 is 0. The summed E-state index contributed by atoms with van der Waals surface area (Å²) in [7, 11) is 3.41. The number of nitrogens with one attached hydrogen (secondary N) is 1. The van der Waals surface area contributed by atoms with Gasteiger partial charge in [-0.15, -0.1) is 0 Å². The minimum Gasteiger partial charge on any atom is -0.493 e. The predicted octanol–water partition coefficient (Wildman–Crippen LogP) is 2.86. The lowest BCUT2D eigenvalue weighted by Crippen LogP contribution is -2.33. The summed E-state index contributed by atoms with van der Waals surface area (Å²) in [5.74, 6) is 3.04. The Hall–Kier alpha value is -1.22. The van der Waals surface area contributed by atoms with E-state index in [0.29, 0.717) is 12.0 Å². The van der Waals surface area contributed by atoms with Gasteiger partial charge >= 0.3 is 0 Å². The van der Waals surface area contributed by atoms with E-state index < -0.39 is 0 Å². The highest BCUT2D eigenvalue weighted by atomic mass is 16.5. The van der Waals surface area contributed by atoms with Crippen molar-refractivity contribution in [3.8, 4) is 11.5 Å². The predicted molar refractivity (Wildman–Crippen MR) is 71.4 cm³/mol. The van der Waals surface area contributed by atoms with Gasteiger partial charge in [-0.05, 0) is 47.9 Å². The fourth-order valence-electron chi connectivity index (χ4n) is 2.98. The molecular formula is C15H21NO2. The molecule has 98 valence electrons. The van der Waals surface area contributed by atoms with Gasteiger partial charge in [-0.25, -0.2) is 0 Å². The molecule has 0 bridgehead atoms.